The average molecular weight is 786 g/mol. The first-order valence-electron chi connectivity index (χ1n) is 19.2. The van der Waals surface area contributed by atoms with Gasteiger partial charge in [0, 0.05) is 61.3 Å². The van der Waals surface area contributed by atoms with E-state index in [2.05, 4.69) is 5.32 Å². The van der Waals surface area contributed by atoms with Crippen molar-refractivity contribution in [3.05, 3.63) is 81.3 Å². The van der Waals surface area contributed by atoms with Gasteiger partial charge in [-0.05, 0) is 51.5 Å². The molecule has 306 valence electrons. The number of aryl methyl sites for hydroxylation is 2. The molecule has 57 heavy (non-hydrogen) atoms. The third kappa shape index (κ3) is 8.20. The van der Waals surface area contributed by atoms with Crippen LogP contribution in [0.2, 0.25) is 0 Å². The Morgan fingerprint density at radius 3 is 2.23 bits per heavy atom. The Kier molecular flexibility index (Phi) is 13.0. The Morgan fingerprint density at radius 2 is 1.58 bits per heavy atom. The molecule has 13 heteroatoms. The van der Waals surface area contributed by atoms with Crippen LogP contribution in [0.1, 0.15) is 70.0 Å². The van der Waals surface area contributed by atoms with Crippen LogP contribution in [-0.2, 0) is 21.3 Å². The third-order valence-corrected chi connectivity index (χ3v) is 11.4. The topological polar surface area (TPSA) is 190 Å². The fraction of sp³-hybridized carbons (Fsp3) is 0.455. The number of rotatable bonds is 2. The summed E-state index contributed by atoms with van der Waals surface area (Å²) < 4.78 is 19.5. The Hall–Kier alpha value is -5.08. The van der Waals surface area contributed by atoms with Gasteiger partial charge < -0.3 is 44.5 Å². The van der Waals surface area contributed by atoms with Crippen LogP contribution in [-0.4, -0.2) is 79.5 Å². The van der Waals surface area contributed by atoms with Crippen molar-refractivity contribution < 1.29 is 44.2 Å². The van der Waals surface area contributed by atoms with Crippen molar-refractivity contribution in [2.45, 2.75) is 93.0 Å². The molecular weight excluding hydrogens is 730 g/mol. The number of phenols is 1. The molecule has 1 aromatic heterocycles. The van der Waals surface area contributed by atoms with Crippen LogP contribution in [0.25, 0.3) is 32.8 Å². The number of methoxy groups -OCH3 is 1. The highest BCUT2D eigenvalue weighted by atomic mass is 16.7. The molecule has 0 spiro atoms. The number of amides is 1. The van der Waals surface area contributed by atoms with Gasteiger partial charge in [0.05, 0.1) is 63.7 Å². The number of phenolic OH excluding ortho intramolecular Hbond substituents is 1. The predicted octanol–water partition coefficient (Wildman–Crippen LogP) is 6.12. The first-order valence-corrected chi connectivity index (χ1v) is 19.2. The van der Waals surface area contributed by atoms with Gasteiger partial charge in [-0.25, -0.2) is 4.98 Å². The Labute approximate surface area is 332 Å². The first-order chi connectivity index (χ1) is 26.8. The van der Waals surface area contributed by atoms with E-state index in [1.54, 1.807) is 77.5 Å². The van der Waals surface area contributed by atoms with Gasteiger partial charge >= 0.3 is 0 Å². The molecule has 4 bridgehead atoms. The minimum Gasteiger partial charge on any atom is -0.505 e. The molecule has 1 amide bonds. The molecule has 6 rings (SSSR count). The summed E-state index contributed by atoms with van der Waals surface area (Å²) in [5, 5.41) is 48.5. The van der Waals surface area contributed by atoms with Crippen molar-refractivity contribution in [3.8, 4) is 11.5 Å². The number of nitrogens with zero attached hydrogens (tertiary/aromatic N) is 2. The zero-order valence-corrected chi connectivity index (χ0v) is 34.4. The highest BCUT2D eigenvalue weighted by molar-refractivity contribution is 6.25. The fourth-order valence-corrected chi connectivity index (χ4v) is 7.75. The molecule has 2 aliphatic rings. The Morgan fingerprint density at radius 1 is 0.930 bits per heavy atom. The van der Waals surface area contributed by atoms with Crippen LogP contribution in [0, 0.1) is 37.5 Å². The lowest BCUT2D eigenvalue weighted by molar-refractivity contribution is -0.112. The van der Waals surface area contributed by atoms with Crippen molar-refractivity contribution in [3.63, 3.8) is 0 Å². The number of carbonyl (C=O) groups excluding carboxylic acids is 2. The summed E-state index contributed by atoms with van der Waals surface area (Å²) in [5.74, 6) is -3.93. The van der Waals surface area contributed by atoms with E-state index < -0.39 is 77.2 Å². The summed E-state index contributed by atoms with van der Waals surface area (Å²) >= 11 is 0. The Bertz CT molecular complexity index is 2360. The number of Topliss-reactive ketones (excluding diaryl/α,β-unsaturated/α-hetero) is 1. The van der Waals surface area contributed by atoms with E-state index in [1.807, 2.05) is 25.1 Å². The van der Waals surface area contributed by atoms with Gasteiger partial charge in [0.2, 0.25) is 6.29 Å². The van der Waals surface area contributed by atoms with Crippen molar-refractivity contribution in [2.24, 2.45) is 30.7 Å². The summed E-state index contributed by atoms with van der Waals surface area (Å²) in [5.41, 5.74) is 2.10. The molecule has 13 nitrogen and oxygen atoms in total. The quantitative estimate of drug-likeness (QED) is 0.0682. The second-order valence-corrected chi connectivity index (χ2v) is 15.5. The third-order valence-electron chi connectivity index (χ3n) is 11.4. The molecule has 9 atom stereocenters. The smallest absolute Gasteiger partial charge is 0.251 e. The van der Waals surface area contributed by atoms with E-state index in [0.29, 0.717) is 11.0 Å². The maximum atomic E-state index is 14.3. The molecule has 0 saturated carbocycles. The number of aromatic nitrogens is 2. The lowest BCUT2D eigenvalue weighted by Gasteiger charge is -2.36. The number of benzene rings is 3. The molecule has 0 fully saturated rings. The predicted molar refractivity (Wildman–Crippen MR) is 220 cm³/mol. The standard InChI is InChI=1S/C44H55N3O10/c1-20-15-16-29-30(19-20)47(10)37-35(45-29)33-32(27(8)48)43-26(7)41(52)34(33)42(53)36(37)46-44(54)22(3)14-12-13-21(2)38(49)24(5)40(51)25(6)39(50)23(4)31(55-11)17-18-56-28(9)57-43/h12-19,21,23-25,28,31,38-40,49-51,53H,1-11H3,(H,46,54)/b13-12+,18-17+,22-14-/t21-,23+,24+,25-,28+,31-,38-,39+,40+/m0/s1. The van der Waals surface area contributed by atoms with Gasteiger partial charge in [0.1, 0.15) is 11.4 Å². The number of nitrogens with one attached hydrogen (secondary N) is 1. The number of aromatic hydroxyl groups is 1. The van der Waals surface area contributed by atoms with Crippen molar-refractivity contribution in [1.82, 2.24) is 9.55 Å². The maximum absolute atomic E-state index is 14.3. The summed E-state index contributed by atoms with van der Waals surface area (Å²) in [4.78, 5) is 46.8. The summed E-state index contributed by atoms with van der Waals surface area (Å²) in [6, 6.07) is 5.60. The highest BCUT2D eigenvalue weighted by Gasteiger charge is 2.37. The van der Waals surface area contributed by atoms with E-state index in [-0.39, 0.29) is 49.9 Å². The summed E-state index contributed by atoms with van der Waals surface area (Å²) in [6.45, 7) is 14.9. The number of anilines is 1. The van der Waals surface area contributed by atoms with Gasteiger partial charge in [0.25, 0.3) is 5.91 Å². The van der Waals surface area contributed by atoms with Gasteiger partial charge in [-0.2, -0.15) is 0 Å². The van der Waals surface area contributed by atoms with Crippen LogP contribution in [0.4, 0.5) is 5.69 Å². The molecule has 5 N–H and O–H groups in total. The second kappa shape index (κ2) is 17.2. The SMILES string of the molecule is CO[C@H]1/C=C/O[C@@H](C)Oc2c(C)c(=O)c3c(O)c(c4c(nc5ccc(C)cc5n4C)c3c2C(C)=O)NC(=O)/C(C)=C\C=C\[C@H](C)[C@H](O)[C@@H](C)[C@@H](O)[C@@H](C)[C@H](O)[C@@H]1C. The normalized spacial score (nSPS) is 29.0. The Balaban J connectivity index is 1.80. The molecule has 3 aromatic carbocycles. The van der Waals surface area contributed by atoms with Crippen LogP contribution < -0.4 is 15.5 Å². The van der Waals surface area contributed by atoms with Crippen molar-refractivity contribution in [1.29, 1.82) is 0 Å². The van der Waals surface area contributed by atoms with Gasteiger partial charge in [-0.1, -0.05) is 52.0 Å². The molecule has 3 heterocycles. The van der Waals surface area contributed by atoms with Crippen molar-refractivity contribution in [2.75, 3.05) is 12.4 Å². The van der Waals surface area contributed by atoms with Crippen LogP contribution >= 0.6 is 0 Å². The zero-order valence-electron chi connectivity index (χ0n) is 34.4. The molecular formula is C44H55N3O10. The number of aliphatic hydroxyl groups excluding tert-OH is 3. The number of carbonyl (C=O) groups is 2. The van der Waals surface area contributed by atoms with E-state index in [4.69, 9.17) is 19.2 Å². The van der Waals surface area contributed by atoms with Crippen LogP contribution in [0.5, 0.6) is 11.5 Å². The molecule has 0 aliphatic carbocycles. The molecule has 0 saturated heterocycles. The molecule has 4 aromatic rings. The van der Waals surface area contributed by atoms with Gasteiger partial charge in [-0.15, -0.1) is 0 Å². The molecule has 0 radical (unpaired) electrons. The van der Waals surface area contributed by atoms with E-state index in [1.165, 1.54) is 27.2 Å². The minimum absolute atomic E-state index is 0.00463. The minimum atomic E-state index is -1.08. The summed E-state index contributed by atoms with van der Waals surface area (Å²) in [7, 11) is 3.22. The number of fused-ring (bicyclic) bond motifs is 17. The fourth-order valence-electron chi connectivity index (χ4n) is 7.75. The number of ether oxygens (including phenoxy) is 3. The molecule has 2 aliphatic heterocycles. The number of hydrogen-bond acceptors (Lipinski definition) is 11. The number of ketones is 1. The largest absolute Gasteiger partial charge is 0.505 e. The van der Waals surface area contributed by atoms with E-state index in [0.717, 1.165) is 5.56 Å². The second-order valence-electron chi connectivity index (χ2n) is 15.5. The lowest BCUT2D eigenvalue weighted by atomic mass is 9.78. The number of aliphatic hydroxyl groups is 3. The van der Waals surface area contributed by atoms with Crippen molar-refractivity contribution >= 4 is 50.2 Å². The number of allylic oxidation sites excluding steroid dienone is 2. The number of hydrogen-bond donors (Lipinski definition) is 5. The molecule has 0 unspecified atom stereocenters. The highest BCUT2D eigenvalue weighted by Crippen LogP contribution is 2.44. The summed E-state index contributed by atoms with van der Waals surface area (Å²) in [6.07, 6.45) is 2.98. The first kappa shape index (κ1) is 43.1. The van der Waals surface area contributed by atoms with E-state index >= 15 is 0 Å². The lowest BCUT2D eigenvalue weighted by Crippen LogP contribution is -2.44. The van der Waals surface area contributed by atoms with Crippen LogP contribution in [0.15, 0.2) is 59.1 Å². The van der Waals surface area contributed by atoms with Gasteiger partial charge in [-0.3, -0.25) is 14.4 Å². The monoisotopic (exact) mass is 785 g/mol. The van der Waals surface area contributed by atoms with Gasteiger partial charge in [0.15, 0.2) is 17.0 Å². The zero-order chi connectivity index (χ0) is 42.2. The average Bonchev–Trinajstić information content (AvgIpc) is 3.17. The van der Waals surface area contributed by atoms with E-state index in [9.17, 15) is 34.8 Å². The maximum Gasteiger partial charge on any atom is 0.251 e. The van der Waals surface area contributed by atoms with Crippen LogP contribution in [0.3, 0.4) is 0 Å².